The van der Waals surface area contributed by atoms with Gasteiger partial charge in [0.25, 0.3) is 0 Å². The van der Waals surface area contributed by atoms with Crippen LogP contribution in [0.3, 0.4) is 0 Å². The van der Waals surface area contributed by atoms with Crippen LogP contribution in [0.4, 0.5) is 0 Å². The second kappa shape index (κ2) is 9.41. The molecule has 0 heterocycles. The summed E-state index contributed by atoms with van der Waals surface area (Å²) in [5.74, 6) is -1.87. The molecule has 0 aromatic carbocycles. The van der Waals surface area contributed by atoms with E-state index in [0.29, 0.717) is 19.3 Å². The van der Waals surface area contributed by atoms with E-state index in [1.54, 1.807) is 0 Å². The van der Waals surface area contributed by atoms with Gasteiger partial charge in [0.2, 0.25) is 0 Å². The number of hydrogen-bond acceptors (Lipinski definition) is 5. The van der Waals surface area contributed by atoms with E-state index in [1.807, 2.05) is 13.0 Å². The van der Waals surface area contributed by atoms with Crippen molar-refractivity contribution in [1.82, 2.24) is 0 Å². The Morgan fingerprint density at radius 1 is 0.878 bits per heavy atom. The molecule has 4 saturated carbocycles. The molecule has 9 unspecified atom stereocenters. The van der Waals surface area contributed by atoms with Gasteiger partial charge in [-0.2, -0.15) is 0 Å². The fraction of sp³-hybridized carbons (Fsp3) is 0.824. The third kappa shape index (κ3) is 4.25. The van der Waals surface area contributed by atoms with E-state index in [-0.39, 0.29) is 69.6 Å². The summed E-state index contributed by atoms with van der Waals surface area (Å²) in [6, 6.07) is 0. The molecule has 0 aromatic rings. The van der Waals surface area contributed by atoms with Gasteiger partial charge in [-0.3, -0.25) is 19.2 Å². The third-order valence-electron chi connectivity index (χ3n) is 13.8. The standard InChI is InChI=1S/C34H50O7/c1-29(2)23-10-13-34(7)27(32(23,5)12-11-24(29)41-26(38)9-8-25(36)37)22(35)18-20-21-19-31(4,28(39)40)15-14-30(21,3)16-17-33(20,34)6/h18,21,23-24,27H,8-17,19H2,1-7H3,(H,36,37)(H,39,40). The first-order valence-electron chi connectivity index (χ1n) is 15.7. The number of carbonyl (C=O) groups excluding carboxylic acids is 2. The lowest BCUT2D eigenvalue weighted by Crippen LogP contribution is -2.66. The molecule has 0 aromatic heterocycles. The summed E-state index contributed by atoms with van der Waals surface area (Å²) < 4.78 is 5.91. The van der Waals surface area contributed by atoms with E-state index in [0.717, 1.165) is 38.5 Å². The summed E-state index contributed by atoms with van der Waals surface area (Å²) >= 11 is 0. The average Bonchev–Trinajstić information content (AvgIpc) is 2.86. The molecule has 0 saturated heterocycles. The molecule has 0 spiro atoms. The van der Waals surface area contributed by atoms with Gasteiger partial charge < -0.3 is 14.9 Å². The lowest BCUT2D eigenvalue weighted by Gasteiger charge is -2.70. The molecular formula is C34H50O7. The highest BCUT2D eigenvalue weighted by molar-refractivity contribution is 5.95. The summed E-state index contributed by atoms with van der Waals surface area (Å²) in [7, 11) is 0. The van der Waals surface area contributed by atoms with Gasteiger partial charge in [0.1, 0.15) is 6.10 Å². The van der Waals surface area contributed by atoms with E-state index < -0.39 is 23.3 Å². The molecule has 7 nitrogen and oxygen atoms in total. The van der Waals surface area contributed by atoms with Crippen LogP contribution in [0.15, 0.2) is 11.6 Å². The minimum absolute atomic E-state index is 0.0233. The fourth-order valence-electron chi connectivity index (χ4n) is 11.0. The molecule has 5 aliphatic carbocycles. The van der Waals surface area contributed by atoms with Crippen molar-refractivity contribution in [1.29, 1.82) is 0 Å². The number of allylic oxidation sites excluding steroid dienone is 2. The van der Waals surface area contributed by atoms with Crippen LogP contribution in [0.25, 0.3) is 0 Å². The van der Waals surface area contributed by atoms with Crippen LogP contribution < -0.4 is 0 Å². The molecule has 0 radical (unpaired) electrons. The Balaban J connectivity index is 1.49. The Bertz CT molecular complexity index is 1200. The van der Waals surface area contributed by atoms with Gasteiger partial charge >= 0.3 is 17.9 Å². The molecule has 5 rings (SSSR count). The highest BCUT2D eigenvalue weighted by Crippen LogP contribution is 2.75. The second-order valence-electron chi connectivity index (χ2n) is 16.3. The molecule has 5 aliphatic rings. The minimum atomic E-state index is -1.01. The monoisotopic (exact) mass is 570 g/mol. The lowest BCUT2D eigenvalue weighted by atomic mass is 9.33. The zero-order valence-electron chi connectivity index (χ0n) is 26.1. The van der Waals surface area contributed by atoms with Crippen LogP contribution in [0.2, 0.25) is 0 Å². The van der Waals surface area contributed by atoms with E-state index >= 15 is 0 Å². The summed E-state index contributed by atoms with van der Waals surface area (Å²) in [6.45, 7) is 15.5. The topological polar surface area (TPSA) is 118 Å². The fourth-order valence-corrected chi connectivity index (χ4v) is 11.0. The van der Waals surface area contributed by atoms with Gasteiger partial charge in [-0.25, -0.2) is 0 Å². The first-order chi connectivity index (χ1) is 18.8. The summed E-state index contributed by atoms with van der Waals surface area (Å²) in [5.41, 5.74) is -0.553. The van der Waals surface area contributed by atoms with E-state index in [1.165, 1.54) is 5.57 Å². The number of ketones is 1. The Morgan fingerprint density at radius 2 is 1.54 bits per heavy atom. The molecule has 0 bridgehead atoms. The number of hydrogen-bond donors (Lipinski definition) is 2. The van der Waals surface area contributed by atoms with Crippen LogP contribution in [0, 0.1) is 50.2 Å². The van der Waals surface area contributed by atoms with Crippen LogP contribution in [-0.4, -0.2) is 40.0 Å². The number of aliphatic carboxylic acids is 2. The Hall–Kier alpha value is -2.18. The molecular weight excluding hydrogens is 520 g/mol. The molecule has 41 heavy (non-hydrogen) atoms. The van der Waals surface area contributed by atoms with Crippen molar-refractivity contribution in [3.05, 3.63) is 11.6 Å². The van der Waals surface area contributed by atoms with Crippen molar-refractivity contribution in [2.75, 3.05) is 0 Å². The van der Waals surface area contributed by atoms with Crippen LogP contribution in [0.1, 0.15) is 119 Å². The van der Waals surface area contributed by atoms with Gasteiger partial charge in [-0.1, -0.05) is 47.1 Å². The highest BCUT2D eigenvalue weighted by Gasteiger charge is 2.70. The zero-order valence-corrected chi connectivity index (χ0v) is 26.1. The molecule has 0 amide bonds. The maximum atomic E-state index is 14.5. The van der Waals surface area contributed by atoms with Crippen molar-refractivity contribution in [3.8, 4) is 0 Å². The molecule has 7 heteroatoms. The Morgan fingerprint density at radius 3 is 2.17 bits per heavy atom. The molecule has 2 N–H and O–H groups in total. The third-order valence-corrected chi connectivity index (χ3v) is 13.8. The van der Waals surface area contributed by atoms with Crippen molar-refractivity contribution < 1.29 is 34.1 Å². The molecule has 9 atom stereocenters. The number of carboxylic acid groups (broad SMARTS) is 2. The maximum Gasteiger partial charge on any atom is 0.309 e. The smallest absolute Gasteiger partial charge is 0.309 e. The average molecular weight is 571 g/mol. The zero-order chi connectivity index (χ0) is 30.4. The largest absolute Gasteiger partial charge is 0.481 e. The summed E-state index contributed by atoms with van der Waals surface area (Å²) in [5, 5.41) is 19.1. The van der Waals surface area contributed by atoms with Gasteiger partial charge in [0.15, 0.2) is 5.78 Å². The second-order valence-corrected chi connectivity index (χ2v) is 16.3. The molecule has 0 aliphatic heterocycles. The predicted octanol–water partition coefficient (Wildman–Crippen LogP) is 6.83. The van der Waals surface area contributed by atoms with E-state index in [9.17, 15) is 24.3 Å². The van der Waals surface area contributed by atoms with Crippen molar-refractivity contribution in [3.63, 3.8) is 0 Å². The Labute approximate surface area is 244 Å². The normalized spacial score (nSPS) is 46.6. The summed E-state index contributed by atoms with van der Waals surface area (Å²) in [4.78, 5) is 50.3. The van der Waals surface area contributed by atoms with Crippen molar-refractivity contribution >= 4 is 23.7 Å². The lowest BCUT2D eigenvalue weighted by molar-refractivity contribution is -0.211. The van der Waals surface area contributed by atoms with E-state index in [2.05, 4.69) is 41.5 Å². The quantitative estimate of drug-likeness (QED) is 0.348. The minimum Gasteiger partial charge on any atom is -0.481 e. The van der Waals surface area contributed by atoms with Gasteiger partial charge in [-0.15, -0.1) is 0 Å². The number of rotatable bonds is 5. The molecule has 4 fully saturated rings. The van der Waals surface area contributed by atoms with Gasteiger partial charge in [-0.05, 0) is 104 Å². The Kier molecular flexibility index (Phi) is 6.95. The molecule has 228 valence electrons. The number of fused-ring (bicyclic) bond motifs is 7. The van der Waals surface area contributed by atoms with Gasteiger partial charge in [0.05, 0.1) is 18.3 Å². The number of carbonyl (C=O) groups is 4. The first-order valence-corrected chi connectivity index (χ1v) is 15.7. The number of carboxylic acids is 2. The van der Waals surface area contributed by atoms with Crippen LogP contribution in [0.5, 0.6) is 0 Å². The van der Waals surface area contributed by atoms with Crippen LogP contribution in [-0.2, 0) is 23.9 Å². The number of ether oxygens (including phenoxy) is 1. The first kappa shape index (κ1) is 30.3. The SMILES string of the molecule is CC1(C(=O)O)CCC2(C)CCC3(C)C(=CC(=O)C4C5(C)CCC(OC(=O)CCC(=O)O)C(C)(C)C5CCC43C)C2C1. The highest BCUT2D eigenvalue weighted by atomic mass is 16.5. The van der Waals surface area contributed by atoms with Crippen molar-refractivity contribution in [2.24, 2.45) is 50.2 Å². The number of esters is 1. The maximum absolute atomic E-state index is 14.5. The van der Waals surface area contributed by atoms with E-state index in [4.69, 9.17) is 9.84 Å². The van der Waals surface area contributed by atoms with Crippen molar-refractivity contribution in [2.45, 2.75) is 125 Å². The van der Waals surface area contributed by atoms with Crippen LogP contribution >= 0.6 is 0 Å². The van der Waals surface area contributed by atoms with Gasteiger partial charge in [0, 0.05) is 11.3 Å². The summed E-state index contributed by atoms with van der Waals surface area (Å²) in [6.07, 6.45) is 8.80. The predicted molar refractivity (Wildman–Crippen MR) is 154 cm³/mol.